The van der Waals surface area contributed by atoms with Crippen LogP contribution in [0.1, 0.15) is 48.3 Å². The van der Waals surface area contributed by atoms with Gasteiger partial charge in [0.2, 0.25) is 5.91 Å². The van der Waals surface area contributed by atoms with Crippen LogP contribution in [0.2, 0.25) is 0 Å². The Morgan fingerprint density at radius 2 is 1.79 bits per heavy atom. The van der Waals surface area contributed by atoms with Crippen LogP contribution in [0.5, 0.6) is 0 Å². The van der Waals surface area contributed by atoms with Gasteiger partial charge >= 0.3 is 0 Å². The van der Waals surface area contributed by atoms with Gasteiger partial charge in [-0.25, -0.2) is 4.39 Å². The van der Waals surface area contributed by atoms with E-state index in [-0.39, 0.29) is 23.8 Å². The number of carbonyl (C=O) groups excluding carboxylic acids is 1. The average molecular weight is 529 g/mol. The molecule has 3 aromatic carbocycles. The van der Waals surface area contributed by atoms with E-state index in [0.717, 1.165) is 36.3 Å². The molecular formula is C31H33FN4O3. The highest BCUT2D eigenvalue weighted by Gasteiger charge is 2.25. The minimum absolute atomic E-state index is 0.0230. The lowest BCUT2D eigenvalue weighted by molar-refractivity contribution is -0.384. The summed E-state index contributed by atoms with van der Waals surface area (Å²) in [5, 5.41) is 15.4. The number of benzene rings is 3. The topological polar surface area (TPSA) is 80.4 Å². The fourth-order valence-corrected chi connectivity index (χ4v) is 5.54. The fourth-order valence-electron chi connectivity index (χ4n) is 5.54. The van der Waals surface area contributed by atoms with E-state index in [1.807, 2.05) is 47.2 Å². The van der Waals surface area contributed by atoms with Crippen LogP contribution in [0.25, 0.3) is 10.9 Å². The third-order valence-corrected chi connectivity index (χ3v) is 7.52. The number of halogens is 1. The van der Waals surface area contributed by atoms with Crippen LogP contribution >= 0.6 is 0 Å². The van der Waals surface area contributed by atoms with Gasteiger partial charge in [-0.05, 0) is 60.8 Å². The lowest BCUT2D eigenvalue weighted by atomic mass is 9.88. The molecule has 1 atom stereocenters. The number of piperidine rings is 1. The van der Waals surface area contributed by atoms with Crippen LogP contribution in [0.3, 0.4) is 0 Å². The van der Waals surface area contributed by atoms with Gasteiger partial charge in [0.25, 0.3) is 5.69 Å². The number of nitro benzene ring substituents is 1. The quantitative estimate of drug-likeness (QED) is 0.207. The molecule has 1 unspecified atom stereocenters. The maximum absolute atomic E-state index is 14.4. The molecule has 1 saturated heterocycles. The highest BCUT2D eigenvalue weighted by atomic mass is 19.1. The van der Waals surface area contributed by atoms with E-state index in [1.165, 1.54) is 37.5 Å². The number of fused-ring (bicyclic) bond motifs is 1. The van der Waals surface area contributed by atoms with Gasteiger partial charge in [-0.3, -0.25) is 14.9 Å². The van der Waals surface area contributed by atoms with E-state index in [2.05, 4.69) is 10.2 Å². The third kappa shape index (κ3) is 6.52. The van der Waals surface area contributed by atoms with Gasteiger partial charge < -0.3 is 14.8 Å². The zero-order valence-corrected chi connectivity index (χ0v) is 21.9. The summed E-state index contributed by atoms with van der Waals surface area (Å²) in [6.45, 7) is 4.03. The van der Waals surface area contributed by atoms with Gasteiger partial charge in [-0.1, -0.05) is 48.9 Å². The largest absolute Gasteiger partial charge is 0.355 e. The average Bonchev–Trinajstić information content (AvgIpc) is 3.30. The minimum Gasteiger partial charge on any atom is -0.355 e. The Balaban J connectivity index is 1.48. The van der Waals surface area contributed by atoms with Crippen LogP contribution in [0, 0.1) is 15.9 Å². The lowest BCUT2D eigenvalue weighted by Crippen LogP contribution is -2.38. The zero-order chi connectivity index (χ0) is 27.2. The van der Waals surface area contributed by atoms with Gasteiger partial charge in [0.15, 0.2) is 0 Å². The number of non-ortho nitro benzene ring substituents is 1. The number of hydrogen-bond donors (Lipinski definition) is 1. The molecule has 8 heteroatoms. The molecule has 1 fully saturated rings. The van der Waals surface area contributed by atoms with Crippen molar-refractivity contribution >= 4 is 22.5 Å². The van der Waals surface area contributed by atoms with E-state index in [9.17, 15) is 19.3 Å². The zero-order valence-electron chi connectivity index (χ0n) is 21.9. The maximum atomic E-state index is 14.4. The van der Waals surface area contributed by atoms with Gasteiger partial charge in [0.1, 0.15) is 5.82 Å². The molecule has 0 radical (unpaired) electrons. The van der Waals surface area contributed by atoms with E-state index < -0.39 is 10.8 Å². The molecule has 1 N–H and O–H groups in total. The summed E-state index contributed by atoms with van der Waals surface area (Å²) in [5.74, 6) is -0.991. The Kier molecular flexibility index (Phi) is 8.32. The summed E-state index contributed by atoms with van der Waals surface area (Å²) in [6.07, 6.45) is 5.70. The van der Waals surface area contributed by atoms with Crippen LogP contribution in [-0.2, 0) is 11.3 Å². The third-order valence-electron chi connectivity index (χ3n) is 7.52. The van der Waals surface area contributed by atoms with Crippen molar-refractivity contribution in [2.45, 2.75) is 38.1 Å². The van der Waals surface area contributed by atoms with Crippen molar-refractivity contribution < 1.29 is 14.1 Å². The summed E-state index contributed by atoms with van der Waals surface area (Å²) >= 11 is 0. The Bertz CT molecular complexity index is 1450. The van der Waals surface area contributed by atoms with E-state index >= 15 is 0 Å². The second-order valence-corrected chi connectivity index (χ2v) is 10.2. The standard InChI is InChI=1S/C31H33FN4O3/c32-25-11-7-10-24(18-25)27(20-31(37)33-14-17-34-15-5-2-6-16-34)29-22-35(21-23-8-3-1-4-9-23)30-13-12-26(36(38)39)19-28(29)30/h1,3-4,7-13,18-19,22,27H,2,5-6,14-17,20-21H2,(H,33,37). The molecule has 39 heavy (non-hydrogen) atoms. The van der Waals surface area contributed by atoms with Crippen molar-refractivity contribution in [2.24, 2.45) is 0 Å². The van der Waals surface area contributed by atoms with Crippen molar-refractivity contribution in [3.63, 3.8) is 0 Å². The fraction of sp³-hybridized carbons (Fsp3) is 0.323. The molecule has 0 saturated carbocycles. The second-order valence-electron chi connectivity index (χ2n) is 10.2. The number of rotatable bonds is 10. The van der Waals surface area contributed by atoms with Gasteiger partial charge in [0, 0.05) is 61.2 Å². The number of nitrogens with zero attached hydrogens (tertiary/aromatic N) is 3. The highest BCUT2D eigenvalue weighted by Crippen LogP contribution is 2.37. The summed E-state index contributed by atoms with van der Waals surface area (Å²) < 4.78 is 16.4. The normalized spacial score (nSPS) is 14.8. The molecule has 1 aliphatic rings. The molecule has 202 valence electrons. The van der Waals surface area contributed by atoms with Gasteiger partial charge in [-0.2, -0.15) is 0 Å². The first kappa shape index (κ1) is 26.6. The smallest absolute Gasteiger partial charge is 0.270 e. The van der Waals surface area contributed by atoms with Crippen LogP contribution in [0.15, 0.2) is 79.0 Å². The predicted molar refractivity (Wildman–Crippen MR) is 150 cm³/mol. The van der Waals surface area contributed by atoms with Gasteiger partial charge in [-0.15, -0.1) is 0 Å². The molecule has 5 rings (SSSR count). The summed E-state index contributed by atoms with van der Waals surface area (Å²) in [6, 6.07) is 21.0. The molecule has 1 aromatic heterocycles. The number of carbonyl (C=O) groups is 1. The van der Waals surface area contributed by atoms with Crippen molar-refractivity contribution in [3.05, 3.63) is 112 Å². The Morgan fingerprint density at radius 3 is 2.54 bits per heavy atom. The van der Waals surface area contributed by atoms with E-state index in [1.54, 1.807) is 18.2 Å². The van der Waals surface area contributed by atoms with Crippen LogP contribution < -0.4 is 5.32 Å². The van der Waals surface area contributed by atoms with Crippen molar-refractivity contribution in [1.29, 1.82) is 0 Å². The van der Waals surface area contributed by atoms with E-state index in [4.69, 9.17) is 0 Å². The summed E-state index contributed by atoms with van der Waals surface area (Å²) in [4.78, 5) is 26.8. The molecule has 1 aliphatic heterocycles. The van der Waals surface area contributed by atoms with Crippen molar-refractivity contribution in [2.75, 3.05) is 26.2 Å². The first-order chi connectivity index (χ1) is 19.0. The molecule has 4 aromatic rings. The first-order valence-corrected chi connectivity index (χ1v) is 13.5. The number of nitro groups is 1. The summed E-state index contributed by atoms with van der Waals surface area (Å²) in [5.41, 5.74) is 3.31. The molecule has 0 spiro atoms. The molecular weight excluding hydrogens is 495 g/mol. The predicted octanol–water partition coefficient (Wildman–Crippen LogP) is 5.86. The molecule has 0 aliphatic carbocycles. The second kappa shape index (κ2) is 12.2. The monoisotopic (exact) mass is 528 g/mol. The van der Waals surface area contributed by atoms with Gasteiger partial charge in [0.05, 0.1) is 4.92 Å². The number of hydrogen-bond acceptors (Lipinski definition) is 4. The van der Waals surface area contributed by atoms with E-state index in [0.29, 0.717) is 24.0 Å². The van der Waals surface area contributed by atoms with Crippen LogP contribution in [0.4, 0.5) is 10.1 Å². The molecule has 7 nitrogen and oxygen atoms in total. The lowest BCUT2D eigenvalue weighted by Gasteiger charge is -2.26. The number of aromatic nitrogens is 1. The highest BCUT2D eigenvalue weighted by molar-refractivity contribution is 5.88. The maximum Gasteiger partial charge on any atom is 0.270 e. The van der Waals surface area contributed by atoms with Crippen molar-refractivity contribution in [1.82, 2.24) is 14.8 Å². The minimum atomic E-state index is -0.475. The Morgan fingerprint density at radius 1 is 1.00 bits per heavy atom. The molecule has 2 heterocycles. The Labute approximate surface area is 227 Å². The molecule has 1 amide bonds. The summed E-state index contributed by atoms with van der Waals surface area (Å²) in [7, 11) is 0. The SMILES string of the molecule is O=C(CC(c1cccc(F)c1)c1cn(Cc2ccccc2)c2ccc([N+](=O)[O-])cc12)NCCN1CCCCC1. The van der Waals surface area contributed by atoms with Crippen LogP contribution in [-0.4, -0.2) is 46.5 Å². The Hall–Kier alpha value is -4.04. The van der Waals surface area contributed by atoms with Crippen molar-refractivity contribution in [3.8, 4) is 0 Å². The number of amides is 1. The first-order valence-electron chi connectivity index (χ1n) is 13.5. The number of nitrogens with one attached hydrogen (secondary N) is 1. The molecule has 0 bridgehead atoms. The number of likely N-dealkylation sites (tertiary alicyclic amines) is 1.